The summed E-state index contributed by atoms with van der Waals surface area (Å²) in [5, 5.41) is 17.3. The third-order valence-electron chi connectivity index (χ3n) is 6.79. The number of nitrogens with one attached hydrogen (secondary N) is 3. The first-order valence-electron chi connectivity index (χ1n) is 13.5. The molecule has 11 heteroatoms. The van der Waals surface area contributed by atoms with E-state index >= 15 is 0 Å². The van der Waals surface area contributed by atoms with Crippen molar-refractivity contribution < 1.29 is 29.0 Å². The number of amides is 4. The minimum absolute atomic E-state index is 0.00221. The summed E-state index contributed by atoms with van der Waals surface area (Å²) in [6.45, 7) is 4.84. The Labute approximate surface area is 234 Å². The molecule has 0 aliphatic carbocycles. The van der Waals surface area contributed by atoms with Crippen LogP contribution < -0.4 is 20.7 Å². The van der Waals surface area contributed by atoms with E-state index in [1.807, 2.05) is 25.1 Å². The Morgan fingerprint density at radius 3 is 2.40 bits per heavy atom. The molecule has 2 aromatic rings. The Kier molecular flexibility index (Phi) is 11.8. The van der Waals surface area contributed by atoms with E-state index in [2.05, 4.69) is 20.9 Å². The molecule has 11 nitrogen and oxygen atoms in total. The van der Waals surface area contributed by atoms with E-state index in [0.29, 0.717) is 35.8 Å². The number of urea groups is 1. The summed E-state index contributed by atoms with van der Waals surface area (Å²) in [6, 6.07) is 12.0. The zero-order chi connectivity index (χ0) is 28.9. The second-order valence-corrected chi connectivity index (χ2v) is 9.81. The van der Waals surface area contributed by atoms with E-state index in [1.54, 1.807) is 24.3 Å². The fraction of sp³-hybridized carbons (Fsp3) is 0.448. The molecule has 1 heterocycles. The van der Waals surface area contributed by atoms with Crippen LogP contribution in [0.3, 0.4) is 0 Å². The SMILES string of the molecule is COc1cc(CC(=O)NCC(=O)N(CCC(=O)O)CCN2CCCCC2)ccc1NC(=O)Nc1ccccc1C. The second kappa shape index (κ2) is 15.5. The highest BCUT2D eigenvalue weighted by Crippen LogP contribution is 2.26. The summed E-state index contributed by atoms with van der Waals surface area (Å²) < 4.78 is 5.41. The lowest BCUT2D eigenvalue weighted by Gasteiger charge is -2.30. The number of aryl methyl sites for hydroxylation is 1. The third-order valence-corrected chi connectivity index (χ3v) is 6.79. The van der Waals surface area contributed by atoms with Crippen molar-refractivity contribution in [1.82, 2.24) is 15.1 Å². The van der Waals surface area contributed by atoms with Crippen LogP contribution in [0.1, 0.15) is 36.8 Å². The number of carbonyl (C=O) groups is 4. The first-order chi connectivity index (χ1) is 19.2. The Hall–Kier alpha value is -4.12. The maximum atomic E-state index is 12.8. The van der Waals surface area contributed by atoms with Crippen molar-refractivity contribution in [2.75, 3.05) is 57.0 Å². The molecule has 2 aromatic carbocycles. The zero-order valence-electron chi connectivity index (χ0n) is 23.2. The number of likely N-dealkylation sites (tertiary alicyclic amines) is 1. The molecule has 4 amide bonds. The summed E-state index contributed by atoms with van der Waals surface area (Å²) in [5.74, 6) is -1.26. The highest BCUT2D eigenvalue weighted by molar-refractivity contribution is 6.01. The van der Waals surface area contributed by atoms with Crippen LogP contribution in [-0.2, 0) is 20.8 Å². The van der Waals surface area contributed by atoms with Gasteiger partial charge in [0.1, 0.15) is 5.75 Å². The predicted octanol–water partition coefficient (Wildman–Crippen LogP) is 3.10. The van der Waals surface area contributed by atoms with Crippen LogP contribution in [0.2, 0.25) is 0 Å². The lowest BCUT2D eigenvalue weighted by atomic mass is 10.1. The summed E-state index contributed by atoms with van der Waals surface area (Å²) >= 11 is 0. The summed E-state index contributed by atoms with van der Waals surface area (Å²) in [7, 11) is 1.47. The van der Waals surface area contributed by atoms with Crippen molar-refractivity contribution in [2.45, 2.75) is 39.0 Å². The van der Waals surface area contributed by atoms with Crippen LogP contribution in [0.5, 0.6) is 5.75 Å². The number of ether oxygens (including phenoxy) is 1. The molecule has 0 aromatic heterocycles. The van der Waals surface area contributed by atoms with Gasteiger partial charge in [-0.2, -0.15) is 0 Å². The average Bonchev–Trinajstić information content (AvgIpc) is 2.94. The predicted molar refractivity (Wildman–Crippen MR) is 153 cm³/mol. The Bertz CT molecular complexity index is 1180. The molecular weight excluding hydrogens is 514 g/mol. The van der Waals surface area contributed by atoms with Gasteiger partial charge in [-0.3, -0.25) is 14.4 Å². The van der Waals surface area contributed by atoms with Crippen molar-refractivity contribution in [2.24, 2.45) is 0 Å². The number of carboxylic acid groups (broad SMARTS) is 1. The van der Waals surface area contributed by atoms with Gasteiger partial charge in [-0.1, -0.05) is 30.7 Å². The van der Waals surface area contributed by atoms with Gasteiger partial charge in [0.25, 0.3) is 0 Å². The van der Waals surface area contributed by atoms with Crippen molar-refractivity contribution in [3.63, 3.8) is 0 Å². The molecule has 1 aliphatic heterocycles. The molecule has 0 unspecified atom stereocenters. The molecule has 0 atom stereocenters. The van der Waals surface area contributed by atoms with Gasteiger partial charge in [0.2, 0.25) is 11.8 Å². The molecule has 40 heavy (non-hydrogen) atoms. The Morgan fingerprint density at radius 2 is 1.70 bits per heavy atom. The van der Waals surface area contributed by atoms with E-state index in [1.165, 1.54) is 18.4 Å². The number of aliphatic carboxylic acids is 1. The molecule has 4 N–H and O–H groups in total. The number of benzene rings is 2. The van der Waals surface area contributed by atoms with E-state index in [0.717, 1.165) is 31.5 Å². The first-order valence-corrected chi connectivity index (χ1v) is 13.5. The summed E-state index contributed by atoms with van der Waals surface area (Å²) in [4.78, 5) is 52.8. The normalized spacial score (nSPS) is 13.2. The van der Waals surface area contributed by atoms with E-state index in [-0.39, 0.29) is 37.7 Å². The van der Waals surface area contributed by atoms with Gasteiger partial charge < -0.3 is 35.6 Å². The number of piperidine rings is 1. The molecule has 0 bridgehead atoms. The lowest BCUT2D eigenvalue weighted by Crippen LogP contribution is -2.45. The molecule has 0 spiro atoms. The fourth-order valence-electron chi connectivity index (χ4n) is 4.51. The van der Waals surface area contributed by atoms with Gasteiger partial charge >= 0.3 is 12.0 Å². The largest absolute Gasteiger partial charge is 0.495 e. The van der Waals surface area contributed by atoms with Gasteiger partial charge in [0, 0.05) is 25.3 Å². The van der Waals surface area contributed by atoms with E-state index < -0.39 is 12.0 Å². The molecular formula is C29H39N5O6. The quantitative estimate of drug-likeness (QED) is 0.299. The number of anilines is 2. The van der Waals surface area contributed by atoms with Crippen molar-refractivity contribution >= 4 is 35.2 Å². The molecule has 216 valence electrons. The minimum Gasteiger partial charge on any atom is -0.495 e. The van der Waals surface area contributed by atoms with Gasteiger partial charge in [-0.05, 0) is 62.2 Å². The van der Waals surface area contributed by atoms with Crippen LogP contribution in [0, 0.1) is 6.92 Å². The molecule has 0 saturated carbocycles. The van der Waals surface area contributed by atoms with Crippen LogP contribution >= 0.6 is 0 Å². The van der Waals surface area contributed by atoms with Gasteiger partial charge in [0.15, 0.2) is 0 Å². The van der Waals surface area contributed by atoms with Crippen molar-refractivity contribution in [3.05, 3.63) is 53.6 Å². The standard InChI is InChI=1S/C29H39N5O6/c1-21-8-4-5-9-23(21)31-29(39)32-24-11-10-22(18-25(24)40-2)19-26(35)30-20-27(36)34(15-12-28(37)38)17-16-33-13-6-3-7-14-33/h4-5,8-11,18H,3,6-7,12-17,19-20H2,1-2H3,(H,30,35)(H,37,38)(H2,31,32,39). The summed E-state index contributed by atoms with van der Waals surface area (Å²) in [6.07, 6.45) is 3.31. The van der Waals surface area contributed by atoms with Gasteiger partial charge in [-0.15, -0.1) is 0 Å². The molecule has 1 saturated heterocycles. The molecule has 1 fully saturated rings. The van der Waals surface area contributed by atoms with Crippen molar-refractivity contribution in [3.8, 4) is 5.75 Å². The smallest absolute Gasteiger partial charge is 0.323 e. The van der Waals surface area contributed by atoms with E-state index in [9.17, 15) is 19.2 Å². The first kappa shape index (κ1) is 30.4. The number of carbonyl (C=O) groups excluding carboxylic acids is 3. The Morgan fingerprint density at radius 1 is 0.975 bits per heavy atom. The van der Waals surface area contributed by atoms with Crippen LogP contribution in [0.15, 0.2) is 42.5 Å². The minimum atomic E-state index is -0.973. The number of rotatable bonds is 13. The fourth-order valence-corrected chi connectivity index (χ4v) is 4.51. The highest BCUT2D eigenvalue weighted by atomic mass is 16.5. The molecule has 3 rings (SSSR count). The van der Waals surface area contributed by atoms with Crippen LogP contribution in [-0.4, -0.2) is 85.1 Å². The number of para-hydroxylation sites is 1. The number of nitrogens with zero attached hydrogens (tertiary/aromatic N) is 2. The number of hydrogen-bond donors (Lipinski definition) is 4. The lowest BCUT2D eigenvalue weighted by molar-refractivity contribution is -0.139. The summed E-state index contributed by atoms with van der Waals surface area (Å²) in [5.41, 5.74) is 2.70. The maximum absolute atomic E-state index is 12.8. The number of hydrogen-bond acceptors (Lipinski definition) is 6. The highest BCUT2D eigenvalue weighted by Gasteiger charge is 2.19. The van der Waals surface area contributed by atoms with Crippen LogP contribution in [0.4, 0.5) is 16.2 Å². The van der Waals surface area contributed by atoms with Gasteiger partial charge in [-0.25, -0.2) is 4.79 Å². The number of methoxy groups -OCH3 is 1. The monoisotopic (exact) mass is 553 g/mol. The molecule has 0 radical (unpaired) electrons. The third kappa shape index (κ3) is 9.88. The van der Waals surface area contributed by atoms with Gasteiger partial charge in [0.05, 0.1) is 32.2 Å². The number of carboxylic acids is 1. The second-order valence-electron chi connectivity index (χ2n) is 9.81. The molecule has 1 aliphatic rings. The topological polar surface area (TPSA) is 140 Å². The van der Waals surface area contributed by atoms with Crippen LogP contribution in [0.25, 0.3) is 0 Å². The van der Waals surface area contributed by atoms with E-state index in [4.69, 9.17) is 9.84 Å². The van der Waals surface area contributed by atoms with Crippen molar-refractivity contribution in [1.29, 1.82) is 0 Å². The zero-order valence-corrected chi connectivity index (χ0v) is 23.2. The maximum Gasteiger partial charge on any atom is 0.323 e. The Balaban J connectivity index is 1.51. The average molecular weight is 554 g/mol.